The topological polar surface area (TPSA) is 67.8 Å². The lowest BCUT2D eigenvalue weighted by Gasteiger charge is -2.39. The van der Waals surface area contributed by atoms with Crippen molar-refractivity contribution in [3.8, 4) is 11.1 Å². The van der Waals surface area contributed by atoms with Gasteiger partial charge in [-0.2, -0.15) is 13.2 Å². The Kier molecular flexibility index (Phi) is 8.18. The molecule has 13 heteroatoms. The molecule has 3 fully saturated rings. The van der Waals surface area contributed by atoms with Crippen LogP contribution in [0.1, 0.15) is 35.7 Å². The number of hydrogen-bond acceptors (Lipinski definition) is 7. The number of piperazine rings is 2. The standard InChI is InChI=1S/C31H34F5N7O/c1-19-18-43(8-7-40(19)2)28-15-26(33)24(14-27(28)39-29(44)23-6-3-21(32)13-25(23)31(34,35)36)20-16-37-30(38-17-20)42-11-9-41(10-12-42)22-4-5-22/h3,6,13-17,19,22H,4-5,7-12,18H2,1-2H3,(H,39,44)/t19-/m0/s1. The molecule has 0 radical (unpaired) electrons. The van der Waals surface area contributed by atoms with Crippen LogP contribution in [0.25, 0.3) is 11.1 Å². The molecular formula is C31H34F5N7O. The molecule has 8 nitrogen and oxygen atoms in total. The Balaban J connectivity index is 1.31. The Morgan fingerprint density at radius 1 is 0.932 bits per heavy atom. The van der Waals surface area contributed by atoms with Crippen molar-refractivity contribution in [2.45, 2.75) is 38.0 Å². The Bertz CT molecular complexity index is 1520. The first-order chi connectivity index (χ1) is 21.0. The third-order valence-corrected chi connectivity index (χ3v) is 8.78. The van der Waals surface area contributed by atoms with E-state index in [0.29, 0.717) is 48.9 Å². The zero-order valence-electron chi connectivity index (χ0n) is 24.5. The van der Waals surface area contributed by atoms with E-state index in [1.54, 1.807) is 0 Å². The van der Waals surface area contributed by atoms with E-state index < -0.39 is 34.8 Å². The molecule has 3 aromatic rings. The van der Waals surface area contributed by atoms with Gasteiger partial charge in [0.15, 0.2) is 0 Å². The molecule has 2 aromatic carbocycles. The van der Waals surface area contributed by atoms with Gasteiger partial charge in [0, 0.05) is 81.4 Å². The van der Waals surface area contributed by atoms with Gasteiger partial charge in [0.1, 0.15) is 11.6 Å². The van der Waals surface area contributed by atoms with Crippen molar-refractivity contribution in [1.29, 1.82) is 0 Å². The molecule has 0 unspecified atom stereocenters. The number of nitrogens with zero attached hydrogens (tertiary/aromatic N) is 6. The van der Waals surface area contributed by atoms with E-state index in [2.05, 4.69) is 30.0 Å². The molecule has 1 aliphatic carbocycles. The summed E-state index contributed by atoms with van der Waals surface area (Å²) in [5.41, 5.74) is -1.23. The average Bonchev–Trinajstić information content (AvgIpc) is 3.85. The summed E-state index contributed by atoms with van der Waals surface area (Å²) < 4.78 is 70.6. The highest BCUT2D eigenvalue weighted by Crippen LogP contribution is 2.37. The molecule has 234 valence electrons. The number of alkyl halides is 3. The number of nitrogens with one attached hydrogen (secondary N) is 1. The molecule has 44 heavy (non-hydrogen) atoms. The van der Waals surface area contributed by atoms with Gasteiger partial charge in [-0.1, -0.05) is 0 Å². The average molecular weight is 616 g/mol. The fraction of sp³-hybridized carbons (Fsp3) is 0.452. The maximum Gasteiger partial charge on any atom is 0.417 e. The molecule has 2 aliphatic heterocycles. The highest BCUT2D eigenvalue weighted by molar-refractivity contribution is 6.07. The fourth-order valence-electron chi connectivity index (χ4n) is 5.90. The monoisotopic (exact) mass is 615 g/mol. The third-order valence-electron chi connectivity index (χ3n) is 8.78. The van der Waals surface area contributed by atoms with Crippen LogP contribution in [-0.2, 0) is 6.18 Å². The highest BCUT2D eigenvalue weighted by Gasteiger charge is 2.36. The van der Waals surface area contributed by atoms with Gasteiger partial charge in [0.2, 0.25) is 5.95 Å². The number of likely N-dealkylation sites (N-methyl/N-ethyl adjacent to an activating group) is 1. The third kappa shape index (κ3) is 6.34. The van der Waals surface area contributed by atoms with Crippen molar-refractivity contribution >= 4 is 23.2 Å². The molecule has 1 saturated carbocycles. The quantitative estimate of drug-likeness (QED) is 0.387. The summed E-state index contributed by atoms with van der Waals surface area (Å²) in [5.74, 6) is -2.25. The van der Waals surface area contributed by atoms with Crippen LogP contribution in [0.4, 0.5) is 39.3 Å². The van der Waals surface area contributed by atoms with E-state index >= 15 is 4.39 Å². The minimum atomic E-state index is -4.96. The summed E-state index contributed by atoms with van der Waals surface area (Å²) in [6, 6.07) is 5.37. The molecular weight excluding hydrogens is 581 g/mol. The predicted octanol–water partition coefficient (Wildman–Crippen LogP) is 5.12. The fourth-order valence-corrected chi connectivity index (χ4v) is 5.90. The van der Waals surface area contributed by atoms with Crippen LogP contribution in [0.2, 0.25) is 0 Å². The minimum absolute atomic E-state index is 0.0893. The largest absolute Gasteiger partial charge is 0.417 e. The number of halogens is 5. The lowest BCUT2D eigenvalue weighted by molar-refractivity contribution is -0.138. The van der Waals surface area contributed by atoms with Gasteiger partial charge in [-0.3, -0.25) is 9.69 Å². The number of anilines is 3. The Morgan fingerprint density at radius 2 is 1.61 bits per heavy atom. The first kappa shape index (κ1) is 30.2. The molecule has 1 atom stereocenters. The summed E-state index contributed by atoms with van der Waals surface area (Å²) in [5, 5.41) is 2.56. The van der Waals surface area contributed by atoms with Gasteiger partial charge in [-0.25, -0.2) is 18.7 Å². The summed E-state index contributed by atoms with van der Waals surface area (Å²) in [7, 11) is 1.97. The van der Waals surface area contributed by atoms with Gasteiger partial charge in [0.05, 0.1) is 22.5 Å². The Morgan fingerprint density at radius 3 is 2.25 bits per heavy atom. The normalized spacial score (nSPS) is 20.2. The lowest BCUT2D eigenvalue weighted by Crippen LogP contribution is -2.50. The SMILES string of the molecule is C[C@H]1CN(c2cc(F)c(-c3cnc(N4CCN(C5CC5)CC4)nc3)cc2NC(=O)c2ccc(F)cc2C(F)(F)F)CCN1C. The first-order valence-corrected chi connectivity index (χ1v) is 14.8. The number of rotatable bonds is 6. The zero-order chi connectivity index (χ0) is 31.2. The lowest BCUT2D eigenvalue weighted by atomic mass is 10.0. The molecule has 1 aromatic heterocycles. The van der Waals surface area contributed by atoms with Crippen molar-refractivity contribution < 1.29 is 26.7 Å². The molecule has 1 N–H and O–H groups in total. The first-order valence-electron chi connectivity index (χ1n) is 14.8. The van der Waals surface area contributed by atoms with E-state index in [1.807, 2.05) is 18.9 Å². The van der Waals surface area contributed by atoms with Crippen molar-refractivity contribution in [2.75, 3.05) is 68.0 Å². The molecule has 2 saturated heterocycles. The van der Waals surface area contributed by atoms with Crippen LogP contribution in [0.5, 0.6) is 0 Å². The van der Waals surface area contributed by atoms with E-state index in [9.17, 15) is 22.4 Å². The second-order valence-corrected chi connectivity index (χ2v) is 11.8. The maximum absolute atomic E-state index is 15.7. The van der Waals surface area contributed by atoms with Gasteiger partial charge in [0.25, 0.3) is 5.91 Å². The number of hydrogen-bond donors (Lipinski definition) is 1. The van der Waals surface area contributed by atoms with Gasteiger partial charge in [-0.15, -0.1) is 0 Å². The number of aromatic nitrogens is 2. The number of amides is 1. The van der Waals surface area contributed by atoms with Gasteiger partial charge >= 0.3 is 6.18 Å². The van der Waals surface area contributed by atoms with Crippen LogP contribution in [0, 0.1) is 11.6 Å². The zero-order valence-corrected chi connectivity index (χ0v) is 24.5. The van der Waals surface area contributed by atoms with E-state index in [0.717, 1.165) is 38.3 Å². The predicted molar refractivity (Wildman–Crippen MR) is 158 cm³/mol. The minimum Gasteiger partial charge on any atom is -0.367 e. The highest BCUT2D eigenvalue weighted by atomic mass is 19.4. The van der Waals surface area contributed by atoms with Gasteiger partial charge < -0.3 is 20.0 Å². The van der Waals surface area contributed by atoms with E-state index in [1.165, 1.54) is 37.4 Å². The second kappa shape index (κ2) is 11.9. The van der Waals surface area contributed by atoms with Crippen molar-refractivity contribution in [3.63, 3.8) is 0 Å². The van der Waals surface area contributed by atoms with Crippen molar-refractivity contribution in [3.05, 3.63) is 65.5 Å². The van der Waals surface area contributed by atoms with Crippen LogP contribution in [0.3, 0.4) is 0 Å². The van der Waals surface area contributed by atoms with Crippen molar-refractivity contribution in [2.24, 2.45) is 0 Å². The molecule has 0 bridgehead atoms. The molecule has 6 rings (SSSR count). The summed E-state index contributed by atoms with van der Waals surface area (Å²) in [6.45, 7) is 7.15. The number of carbonyl (C=O) groups excluding carboxylic acids is 1. The molecule has 0 spiro atoms. The summed E-state index contributed by atoms with van der Waals surface area (Å²) in [4.78, 5) is 30.8. The van der Waals surface area contributed by atoms with Crippen LogP contribution in [0.15, 0.2) is 42.7 Å². The smallest absolute Gasteiger partial charge is 0.367 e. The van der Waals surface area contributed by atoms with E-state index in [4.69, 9.17) is 0 Å². The second-order valence-electron chi connectivity index (χ2n) is 11.8. The summed E-state index contributed by atoms with van der Waals surface area (Å²) >= 11 is 0. The molecule has 1 amide bonds. The summed E-state index contributed by atoms with van der Waals surface area (Å²) in [6.07, 6.45) is 0.568. The van der Waals surface area contributed by atoms with Gasteiger partial charge in [-0.05, 0) is 57.1 Å². The number of benzene rings is 2. The van der Waals surface area contributed by atoms with Crippen LogP contribution >= 0.6 is 0 Å². The molecule has 3 aliphatic rings. The van der Waals surface area contributed by atoms with Crippen LogP contribution in [-0.4, -0.2) is 90.6 Å². The van der Waals surface area contributed by atoms with E-state index in [-0.39, 0.29) is 17.3 Å². The Labute approximate surface area is 252 Å². The molecule has 3 heterocycles. The van der Waals surface area contributed by atoms with Crippen LogP contribution < -0.4 is 15.1 Å². The van der Waals surface area contributed by atoms with Crippen molar-refractivity contribution in [1.82, 2.24) is 19.8 Å². The maximum atomic E-state index is 15.7. The Hall–Kier alpha value is -3.84. The number of carbonyl (C=O) groups is 1.